The summed E-state index contributed by atoms with van der Waals surface area (Å²) in [4.78, 5) is 31.2. The van der Waals surface area contributed by atoms with Gasteiger partial charge in [-0.15, -0.1) is 0 Å². The van der Waals surface area contributed by atoms with Gasteiger partial charge >= 0.3 is 6.09 Å². The van der Waals surface area contributed by atoms with E-state index in [1.807, 2.05) is 41.4 Å². The van der Waals surface area contributed by atoms with E-state index in [9.17, 15) is 14.7 Å². The molecule has 1 saturated heterocycles. The minimum Gasteiger partial charge on any atom is -0.494 e. The molecule has 1 N–H and O–H groups in total. The van der Waals surface area contributed by atoms with Crippen LogP contribution in [-0.2, 0) is 6.54 Å². The van der Waals surface area contributed by atoms with E-state index in [0.717, 1.165) is 57.5 Å². The van der Waals surface area contributed by atoms with E-state index in [0.29, 0.717) is 30.3 Å². The van der Waals surface area contributed by atoms with Crippen molar-refractivity contribution in [3.8, 4) is 28.3 Å². The Morgan fingerprint density at radius 3 is 2.40 bits per heavy atom. The van der Waals surface area contributed by atoms with E-state index in [4.69, 9.17) is 9.84 Å². The highest BCUT2D eigenvalue weighted by molar-refractivity contribution is 9.10. The number of hydrogen-bond donors (Lipinski definition) is 1. The van der Waals surface area contributed by atoms with Crippen LogP contribution in [0, 0.1) is 18.8 Å². The van der Waals surface area contributed by atoms with Gasteiger partial charge in [0.05, 0.1) is 30.5 Å². The molecular formula is C43H40BrN5O4. The molecule has 0 spiro atoms. The fraction of sp³-hybridized carbons (Fsp3) is 0.326. The lowest BCUT2D eigenvalue weighted by Crippen LogP contribution is -2.49. The number of pyridine rings is 1. The predicted molar refractivity (Wildman–Crippen MR) is 208 cm³/mol. The normalized spacial score (nSPS) is 20.4. The second-order valence-corrected chi connectivity index (χ2v) is 16.3. The molecular weight excluding hydrogens is 730 g/mol. The molecule has 3 fully saturated rings. The molecule has 1 aliphatic heterocycles. The summed E-state index contributed by atoms with van der Waals surface area (Å²) in [6, 6.07) is 26.6. The summed E-state index contributed by atoms with van der Waals surface area (Å²) in [5, 5.41) is 17.0. The monoisotopic (exact) mass is 769 g/mol. The van der Waals surface area contributed by atoms with Crippen LogP contribution in [0.1, 0.15) is 58.6 Å². The first-order chi connectivity index (χ1) is 25.8. The van der Waals surface area contributed by atoms with Crippen molar-refractivity contribution in [2.45, 2.75) is 57.2 Å². The predicted octanol–water partition coefficient (Wildman–Crippen LogP) is 8.84. The Balaban J connectivity index is 0.978. The number of carbonyl (C=O) groups is 2. The molecule has 3 aromatic heterocycles. The van der Waals surface area contributed by atoms with Crippen LogP contribution in [0.4, 0.5) is 4.79 Å². The molecule has 4 heterocycles. The summed E-state index contributed by atoms with van der Waals surface area (Å²) < 4.78 is 11.2. The number of fused-ring (bicyclic) bond motifs is 7. The first-order valence-electron chi connectivity index (χ1n) is 18.6. The summed E-state index contributed by atoms with van der Waals surface area (Å²) in [6.45, 7) is 3.89. The van der Waals surface area contributed by atoms with Gasteiger partial charge in [0.1, 0.15) is 17.0 Å². The fourth-order valence-electron chi connectivity index (χ4n) is 9.79. The van der Waals surface area contributed by atoms with Crippen LogP contribution in [0.5, 0.6) is 5.75 Å². The SMILES string of the molecule is COc1cc(C(=O)N2CC3CCC2[C@@H]3N(CC2c3ccccc3-c3ccccc32)C(=O)O)cn2nc(-c3cc4ccc(Br)cc4n3CC3CC3)c(C)c12. The quantitative estimate of drug-likeness (QED) is 0.167. The van der Waals surface area contributed by atoms with Crippen LogP contribution < -0.4 is 4.74 Å². The second-order valence-electron chi connectivity index (χ2n) is 15.4. The van der Waals surface area contributed by atoms with Crippen LogP contribution in [0.2, 0.25) is 0 Å². The molecule has 4 aliphatic rings. The second kappa shape index (κ2) is 12.2. The fourth-order valence-corrected chi connectivity index (χ4v) is 10.1. The largest absolute Gasteiger partial charge is 0.494 e. The smallest absolute Gasteiger partial charge is 0.407 e. The van der Waals surface area contributed by atoms with Gasteiger partial charge in [-0.25, -0.2) is 9.31 Å². The molecule has 3 aliphatic carbocycles. The number of hydrogen-bond acceptors (Lipinski definition) is 4. The van der Waals surface area contributed by atoms with Crippen molar-refractivity contribution in [1.29, 1.82) is 0 Å². The standard InChI is InChI=1S/C43H40BrN5O4/c1-24-39(37-17-26-13-15-29(44)19-36(26)46(37)20-25-11-12-25)45-49-22-28(18-38(53-2)40(24)49)42(50)47-21-27-14-16-35(47)41(27)48(43(51)52)23-34-32-9-5-3-7-30(32)31-8-4-6-10-33(31)34/h3-10,13,15,17-19,22,25,27,34-35,41H,11-12,14,16,20-21,23H2,1-2H3,(H,51,52)/t27?,35?,41-/m1/s1. The lowest BCUT2D eigenvalue weighted by molar-refractivity contribution is 0.0665. The van der Waals surface area contributed by atoms with E-state index < -0.39 is 6.09 Å². The minimum absolute atomic E-state index is 0.0592. The number of nitrogens with zero attached hydrogens (tertiary/aromatic N) is 5. The van der Waals surface area contributed by atoms with E-state index in [-0.39, 0.29) is 29.8 Å². The number of amides is 2. The molecule has 3 aromatic carbocycles. The van der Waals surface area contributed by atoms with Gasteiger partial charge in [0, 0.05) is 52.7 Å². The van der Waals surface area contributed by atoms with Crippen LogP contribution in [0.25, 0.3) is 38.9 Å². The van der Waals surface area contributed by atoms with Crippen LogP contribution in [-0.4, -0.2) is 73.4 Å². The molecule has 10 rings (SSSR count). The highest BCUT2D eigenvalue weighted by Gasteiger charge is 2.53. The van der Waals surface area contributed by atoms with Crippen molar-refractivity contribution < 1.29 is 19.4 Å². The van der Waals surface area contributed by atoms with Gasteiger partial charge in [-0.1, -0.05) is 70.5 Å². The Labute approximate surface area is 315 Å². The maximum Gasteiger partial charge on any atom is 0.407 e. The first kappa shape index (κ1) is 32.6. The zero-order chi connectivity index (χ0) is 36.1. The molecule has 2 amide bonds. The molecule has 53 heavy (non-hydrogen) atoms. The topological polar surface area (TPSA) is 92.3 Å². The van der Waals surface area contributed by atoms with Gasteiger partial charge in [-0.3, -0.25) is 4.79 Å². The van der Waals surface area contributed by atoms with Gasteiger partial charge in [0.25, 0.3) is 5.91 Å². The molecule has 3 atom stereocenters. The average Bonchev–Trinajstić information content (AvgIpc) is 3.39. The Morgan fingerprint density at radius 1 is 0.962 bits per heavy atom. The number of methoxy groups -OCH3 is 1. The molecule has 2 saturated carbocycles. The summed E-state index contributed by atoms with van der Waals surface area (Å²) in [6.07, 6.45) is 5.04. The van der Waals surface area contributed by atoms with Crippen molar-refractivity contribution in [1.82, 2.24) is 24.0 Å². The van der Waals surface area contributed by atoms with Crippen LogP contribution >= 0.6 is 15.9 Å². The first-order valence-corrected chi connectivity index (χ1v) is 19.4. The molecule has 10 heteroatoms. The molecule has 2 unspecified atom stereocenters. The molecule has 0 radical (unpaired) electrons. The van der Waals surface area contributed by atoms with E-state index in [1.165, 1.54) is 34.9 Å². The Hall–Kier alpha value is -5.09. The molecule has 9 nitrogen and oxygen atoms in total. The highest BCUT2D eigenvalue weighted by atomic mass is 79.9. The Morgan fingerprint density at radius 2 is 1.70 bits per heavy atom. The van der Waals surface area contributed by atoms with Gasteiger partial charge in [0.15, 0.2) is 0 Å². The lowest BCUT2D eigenvalue weighted by Gasteiger charge is -2.33. The molecule has 268 valence electrons. The molecule has 6 aromatic rings. The van der Waals surface area contributed by atoms with E-state index in [1.54, 1.807) is 16.5 Å². The zero-order valence-electron chi connectivity index (χ0n) is 29.7. The maximum absolute atomic E-state index is 14.5. The minimum atomic E-state index is -0.933. The van der Waals surface area contributed by atoms with Gasteiger partial charge in [0.2, 0.25) is 0 Å². The number of likely N-dealkylation sites (tertiary alicyclic amines) is 1. The maximum atomic E-state index is 14.5. The number of piperidine rings is 1. The number of halogens is 1. The van der Waals surface area contributed by atoms with Crippen molar-refractivity contribution in [2.75, 3.05) is 20.2 Å². The summed E-state index contributed by atoms with van der Waals surface area (Å²) in [7, 11) is 1.63. The number of benzene rings is 3. The van der Waals surface area contributed by atoms with Gasteiger partial charge in [-0.2, -0.15) is 5.10 Å². The molecule has 2 bridgehead atoms. The van der Waals surface area contributed by atoms with Crippen LogP contribution in [0.3, 0.4) is 0 Å². The van der Waals surface area contributed by atoms with Crippen molar-refractivity contribution in [3.63, 3.8) is 0 Å². The lowest BCUT2D eigenvalue weighted by atomic mass is 9.94. The van der Waals surface area contributed by atoms with Crippen molar-refractivity contribution in [3.05, 3.63) is 112 Å². The van der Waals surface area contributed by atoms with Gasteiger partial charge in [-0.05, 0) is 91.0 Å². The third kappa shape index (κ3) is 5.12. The summed E-state index contributed by atoms with van der Waals surface area (Å²) in [5.74, 6) is 1.15. The highest BCUT2D eigenvalue weighted by Crippen LogP contribution is 2.48. The third-order valence-corrected chi connectivity index (χ3v) is 12.9. The van der Waals surface area contributed by atoms with Crippen molar-refractivity contribution in [2.24, 2.45) is 11.8 Å². The van der Waals surface area contributed by atoms with E-state index >= 15 is 0 Å². The summed E-state index contributed by atoms with van der Waals surface area (Å²) in [5.41, 5.74) is 10.1. The number of aryl methyl sites for hydroxylation is 1. The average molecular weight is 771 g/mol. The number of ether oxygens (including phenoxy) is 1. The number of carbonyl (C=O) groups excluding carboxylic acids is 1. The zero-order valence-corrected chi connectivity index (χ0v) is 31.3. The number of carboxylic acid groups (broad SMARTS) is 1. The number of rotatable bonds is 8. The van der Waals surface area contributed by atoms with E-state index in [2.05, 4.69) is 76.0 Å². The van der Waals surface area contributed by atoms with Crippen molar-refractivity contribution >= 4 is 44.3 Å². The Bertz CT molecular complexity index is 2440. The Kier molecular flexibility index (Phi) is 7.51. The van der Waals surface area contributed by atoms with Gasteiger partial charge < -0.3 is 24.2 Å². The third-order valence-electron chi connectivity index (χ3n) is 12.4. The number of aromatic nitrogens is 3. The summed E-state index contributed by atoms with van der Waals surface area (Å²) >= 11 is 3.67. The van der Waals surface area contributed by atoms with Crippen LogP contribution in [0.15, 0.2) is 89.5 Å².